The van der Waals surface area contributed by atoms with Crippen LogP contribution in [0.5, 0.6) is 5.75 Å². The van der Waals surface area contributed by atoms with E-state index in [0.29, 0.717) is 23.7 Å². The second kappa shape index (κ2) is 11.9. The van der Waals surface area contributed by atoms with Gasteiger partial charge < -0.3 is 15.0 Å². The molecule has 2 aromatic rings. The van der Waals surface area contributed by atoms with E-state index in [1.165, 1.54) is 5.56 Å². The average molecular weight is 457 g/mol. The van der Waals surface area contributed by atoms with E-state index in [-0.39, 0.29) is 24.5 Å². The summed E-state index contributed by atoms with van der Waals surface area (Å²) in [5.41, 5.74) is 2.13. The topological polar surface area (TPSA) is 58.6 Å². The first-order valence-corrected chi connectivity index (χ1v) is 11.9. The van der Waals surface area contributed by atoms with Crippen LogP contribution in [-0.4, -0.2) is 35.4 Å². The predicted octanol–water partition coefficient (Wildman–Crippen LogP) is 5.15. The van der Waals surface area contributed by atoms with Crippen molar-refractivity contribution in [1.29, 1.82) is 0 Å². The van der Waals surface area contributed by atoms with Gasteiger partial charge in [-0.05, 0) is 61.1 Å². The van der Waals surface area contributed by atoms with Crippen LogP contribution in [0.3, 0.4) is 0 Å². The van der Waals surface area contributed by atoms with E-state index in [0.717, 1.165) is 37.7 Å². The average Bonchev–Trinajstić information content (AvgIpc) is 3.32. The van der Waals surface area contributed by atoms with Crippen LogP contribution < -0.4 is 10.1 Å². The molecule has 1 unspecified atom stereocenters. The number of carbonyl (C=O) groups excluding carboxylic acids is 2. The Morgan fingerprint density at radius 3 is 2.25 bits per heavy atom. The molecule has 0 bridgehead atoms. The first-order valence-electron chi connectivity index (χ1n) is 11.6. The van der Waals surface area contributed by atoms with Gasteiger partial charge in [0.1, 0.15) is 11.8 Å². The van der Waals surface area contributed by atoms with Crippen molar-refractivity contribution in [3.05, 3.63) is 64.7 Å². The second-order valence-electron chi connectivity index (χ2n) is 8.35. The van der Waals surface area contributed by atoms with Crippen molar-refractivity contribution in [3.8, 4) is 5.75 Å². The van der Waals surface area contributed by atoms with Crippen LogP contribution in [0.25, 0.3) is 0 Å². The Kier molecular flexibility index (Phi) is 8.98. The van der Waals surface area contributed by atoms with Gasteiger partial charge in [-0.3, -0.25) is 9.59 Å². The lowest BCUT2D eigenvalue weighted by molar-refractivity contribution is -0.143. The summed E-state index contributed by atoms with van der Waals surface area (Å²) < 4.78 is 5.77. The lowest BCUT2D eigenvalue weighted by Crippen LogP contribution is -2.52. The minimum absolute atomic E-state index is 0.0889. The molecule has 0 aromatic heterocycles. The van der Waals surface area contributed by atoms with Crippen molar-refractivity contribution in [3.63, 3.8) is 0 Å². The Balaban J connectivity index is 1.73. The summed E-state index contributed by atoms with van der Waals surface area (Å²) in [7, 11) is 0. The van der Waals surface area contributed by atoms with Crippen molar-refractivity contribution in [2.45, 2.75) is 71.0 Å². The first kappa shape index (κ1) is 24.1. The van der Waals surface area contributed by atoms with Gasteiger partial charge in [-0.15, -0.1) is 0 Å². The summed E-state index contributed by atoms with van der Waals surface area (Å²) in [4.78, 5) is 28.0. The number of nitrogens with one attached hydrogen (secondary N) is 1. The molecule has 0 spiro atoms. The highest BCUT2D eigenvalue weighted by Crippen LogP contribution is 2.20. The molecule has 1 aliphatic carbocycles. The number of halogens is 1. The molecule has 3 rings (SSSR count). The third-order valence-electron chi connectivity index (χ3n) is 6.05. The minimum atomic E-state index is -0.551. The van der Waals surface area contributed by atoms with Crippen molar-refractivity contribution in [2.75, 3.05) is 6.61 Å². The molecule has 6 heteroatoms. The SMILES string of the molecule is CCc1ccc(OCC(=O)N(Cc2ccc(Cl)cc2)C(CC)C(=O)NC2CCCC2)cc1. The standard InChI is InChI=1S/C26H33ClN2O3/c1-3-19-11-15-23(16-12-19)32-18-25(30)29(17-20-9-13-21(27)14-10-20)24(4-2)26(31)28-22-7-5-6-8-22/h9-16,22,24H,3-8,17-18H2,1-2H3,(H,28,31). The van der Waals surface area contributed by atoms with Crippen LogP contribution >= 0.6 is 11.6 Å². The van der Waals surface area contributed by atoms with E-state index in [1.807, 2.05) is 43.3 Å². The van der Waals surface area contributed by atoms with Gasteiger partial charge in [-0.25, -0.2) is 0 Å². The van der Waals surface area contributed by atoms with Crippen molar-refractivity contribution < 1.29 is 14.3 Å². The molecule has 1 saturated carbocycles. The summed E-state index contributed by atoms with van der Waals surface area (Å²) in [5.74, 6) is 0.340. The smallest absolute Gasteiger partial charge is 0.261 e. The Morgan fingerprint density at radius 1 is 1.03 bits per heavy atom. The maximum atomic E-state index is 13.2. The van der Waals surface area contributed by atoms with Crippen LogP contribution in [0.4, 0.5) is 0 Å². The molecule has 0 heterocycles. The Bertz CT molecular complexity index is 877. The molecule has 32 heavy (non-hydrogen) atoms. The number of aryl methyl sites for hydroxylation is 1. The Labute approximate surface area is 196 Å². The van der Waals surface area contributed by atoms with Gasteiger partial charge in [-0.2, -0.15) is 0 Å². The lowest BCUT2D eigenvalue weighted by atomic mass is 10.1. The fourth-order valence-corrected chi connectivity index (χ4v) is 4.25. The minimum Gasteiger partial charge on any atom is -0.484 e. The number of nitrogens with zero attached hydrogens (tertiary/aromatic N) is 1. The van der Waals surface area contributed by atoms with Gasteiger partial charge in [0.25, 0.3) is 5.91 Å². The molecule has 2 amide bonds. The molecule has 1 atom stereocenters. The third kappa shape index (κ3) is 6.73. The van der Waals surface area contributed by atoms with Crippen molar-refractivity contribution >= 4 is 23.4 Å². The van der Waals surface area contributed by atoms with Crippen LogP contribution in [-0.2, 0) is 22.6 Å². The summed E-state index contributed by atoms with van der Waals surface area (Å²) in [6.45, 7) is 4.23. The summed E-state index contributed by atoms with van der Waals surface area (Å²) >= 11 is 6.02. The van der Waals surface area contributed by atoms with E-state index in [9.17, 15) is 9.59 Å². The first-order chi connectivity index (χ1) is 15.5. The van der Waals surface area contributed by atoms with Gasteiger partial charge in [0.2, 0.25) is 5.91 Å². The molecule has 1 fully saturated rings. The highest BCUT2D eigenvalue weighted by Gasteiger charge is 2.30. The molecule has 1 N–H and O–H groups in total. The molecule has 0 radical (unpaired) electrons. The summed E-state index contributed by atoms with van der Waals surface area (Å²) in [5, 5.41) is 3.79. The fourth-order valence-electron chi connectivity index (χ4n) is 4.12. The normalized spacial score (nSPS) is 14.7. The highest BCUT2D eigenvalue weighted by atomic mass is 35.5. The zero-order valence-corrected chi connectivity index (χ0v) is 19.7. The van der Waals surface area contributed by atoms with E-state index < -0.39 is 6.04 Å². The fraction of sp³-hybridized carbons (Fsp3) is 0.462. The van der Waals surface area contributed by atoms with Crippen LogP contribution in [0, 0.1) is 0 Å². The quantitative estimate of drug-likeness (QED) is 0.538. The van der Waals surface area contributed by atoms with Crippen LogP contribution in [0.2, 0.25) is 5.02 Å². The maximum Gasteiger partial charge on any atom is 0.261 e. The Hall–Kier alpha value is -2.53. The number of benzene rings is 2. The van der Waals surface area contributed by atoms with E-state index in [4.69, 9.17) is 16.3 Å². The zero-order chi connectivity index (χ0) is 22.9. The molecule has 5 nitrogen and oxygen atoms in total. The predicted molar refractivity (Wildman–Crippen MR) is 128 cm³/mol. The largest absolute Gasteiger partial charge is 0.484 e. The molecule has 0 aliphatic heterocycles. The monoisotopic (exact) mass is 456 g/mol. The van der Waals surface area contributed by atoms with E-state index >= 15 is 0 Å². The number of hydrogen-bond acceptors (Lipinski definition) is 3. The molecule has 1 aliphatic rings. The summed E-state index contributed by atoms with van der Waals surface area (Å²) in [6, 6.07) is 14.8. The number of amides is 2. The van der Waals surface area contributed by atoms with Gasteiger partial charge in [0.15, 0.2) is 6.61 Å². The molecule has 172 valence electrons. The van der Waals surface area contributed by atoms with Crippen LogP contribution in [0.15, 0.2) is 48.5 Å². The van der Waals surface area contributed by atoms with Gasteiger partial charge in [0.05, 0.1) is 0 Å². The number of carbonyl (C=O) groups is 2. The maximum absolute atomic E-state index is 13.2. The molecule has 2 aromatic carbocycles. The van der Waals surface area contributed by atoms with E-state index in [1.54, 1.807) is 17.0 Å². The van der Waals surface area contributed by atoms with Crippen molar-refractivity contribution in [2.24, 2.45) is 0 Å². The zero-order valence-electron chi connectivity index (χ0n) is 19.0. The lowest BCUT2D eigenvalue weighted by Gasteiger charge is -2.31. The third-order valence-corrected chi connectivity index (χ3v) is 6.30. The van der Waals surface area contributed by atoms with Gasteiger partial charge in [-0.1, -0.05) is 62.6 Å². The van der Waals surface area contributed by atoms with E-state index in [2.05, 4.69) is 12.2 Å². The van der Waals surface area contributed by atoms with Gasteiger partial charge in [0, 0.05) is 17.6 Å². The summed E-state index contributed by atoms with van der Waals surface area (Å²) in [6.07, 6.45) is 5.76. The van der Waals surface area contributed by atoms with Crippen LogP contribution in [0.1, 0.15) is 57.1 Å². The number of ether oxygens (including phenoxy) is 1. The molecular weight excluding hydrogens is 424 g/mol. The number of hydrogen-bond donors (Lipinski definition) is 1. The van der Waals surface area contributed by atoms with Gasteiger partial charge >= 0.3 is 0 Å². The molecule has 0 saturated heterocycles. The molecular formula is C26H33ClN2O3. The Morgan fingerprint density at radius 2 is 1.66 bits per heavy atom. The van der Waals surface area contributed by atoms with Crippen molar-refractivity contribution in [1.82, 2.24) is 10.2 Å². The number of rotatable bonds is 10. The second-order valence-corrected chi connectivity index (χ2v) is 8.78. The highest BCUT2D eigenvalue weighted by molar-refractivity contribution is 6.30.